The normalized spacial score (nSPS) is 17.4. The fourth-order valence-corrected chi connectivity index (χ4v) is 4.13. The Morgan fingerprint density at radius 1 is 0.932 bits per heavy atom. The molecule has 2 aromatic rings. The Balaban J connectivity index is 1.83. The van der Waals surface area contributed by atoms with Crippen LogP contribution in [0.1, 0.15) is 12.5 Å². The summed E-state index contributed by atoms with van der Waals surface area (Å²) in [7, 11) is 0. The maximum absolute atomic E-state index is 13.5. The molecule has 44 heavy (non-hydrogen) atoms. The lowest BCUT2D eigenvalue weighted by Crippen LogP contribution is -2.62. The highest BCUT2D eigenvalue weighted by atomic mass is 19.4. The highest BCUT2D eigenvalue weighted by molar-refractivity contribution is 6.10. The Bertz CT molecular complexity index is 1320. The summed E-state index contributed by atoms with van der Waals surface area (Å²) >= 11 is 0. The lowest BCUT2D eigenvalue weighted by molar-refractivity contribution is -0.278. The number of rotatable bonds is 11. The van der Waals surface area contributed by atoms with Crippen LogP contribution in [0.3, 0.4) is 0 Å². The largest absolute Gasteiger partial charge is 0.455 e. The summed E-state index contributed by atoms with van der Waals surface area (Å²) < 4.78 is 110. The summed E-state index contributed by atoms with van der Waals surface area (Å²) in [5.74, 6) is -10.4. The number of carbonyl (C=O) groups is 3. The van der Waals surface area contributed by atoms with Crippen molar-refractivity contribution in [3.63, 3.8) is 0 Å². The van der Waals surface area contributed by atoms with Crippen LogP contribution >= 0.6 is 0 Å². The Morgan fingerprint density at radius 2 is 1.52 bits per heavy atom. The average molecular weight is 641 g/mol. The molecule has 3 rings (SSSR count). The maximum Gasteiger partial charge on any atom is 0.455 e. The van der Waals surface area contributed by atoms with E-state index in [1.54, 1.807) is 30.3 Å². The second kappa shape index (κ2) is 13.3. The molecule has 1 heterocycles. The van der Waals surface area contributed by atoms with E-state index in [-0.39, 0.29) is 31.1 Å². The number of aliphatic hydroxyl groups is 1. The van der Waals surface area contributed by atoms with Gasteiger partial charge in [0.2, 0.25) is 5.60 Å². The minimum atomic E-state index is -6.05. The zero-order valence-electron chi connectivity index (χ0n) is 23.0. The molecular formula is C27H28F8N4O5. The molecule has 17 heteroatoms. The van der Waals surface area contributed by atoms with Crippen molar-refractivity contribution in [2.75, 3.05) is 42.6 Å². The molecule has 0 radical (unpaired) electrons. The summed E-state index contributed by atoms with van der Waals surface area (Å²) in [6.45, 7) is -3.95. The lowest BCUT2D eigenvalue weighted by Gasteiger charge is -2.29. The number of anilines is 2. The van der Waals surface area contributed by atoms with Crippen LogP contribution in [-0.4, -0.2) is 85.5 Å². The van der Waals surface area contributed by atoms with Crippen LogP contribution in [0.4, 0.5) is 46.5 Å². The molecule has 0 bridgehead atoms. The Kier molecular flexibility index (Phi) is 10.5. The molecule has 0 aliphatic carbocycles. The van der Waals surface area contributed by atoms with Crippen LogP contribution in [0.5, 0.6) is 0 Å². The highest BCUT2D eigenvalue weighted by Gasteiger charge is 2.58. The summed E-state index contributed by atoms with van der Waals surface area (Å²) in [5, 5.41) is 13.5. The number of para-hydroxylation sites is 2. The van der Waals surface area contributed by atoms with Crippen LogP contribution < -0.4 is 20.4 Å². The number of ether oxygens (including phenoxy) is 1. The third-order valence-electron chi connectivity index (χ3n) is 6.51. The third-order valence-corrected chi connectivity index (χ3v) is 6.51. The number of nitrogens with one attached hydrogen (secondary N) is 2. The molecule has 0 fully saturated rings. The van der Waals surface area contributed by atoms with E-state index in [0.29, 0.717) is 11.8 Å². The fourth-order valence-electron chi connectivity index (χ4n) is 4.13. The number of fused-ring (bicyclic) bond motifs is 1. The molecule has 0 aromatic heterocycles. The van der Waals surface area contributed by atoms with Crippen LogP contribution in [0.15, 0.2) is 54.6 Å². The monoisotopic (exact) mass is 640 g/mol. The number of alkyl halides is 8. The quantitative estimate of drug-likeness (QED) is 0.198. The van der Waals surface area contributed by atoms with Gasteiger partial charge in [-0.15, -0.1) is 0 Å². The lowest BCUT2D eigenvalue weighted by atomic mass is 10.0. The van der Waals surface area contributed by atoms with E-state index in [0.717, 1.165) is 10.9 Å². The molecule has 2 aromatic carbocycles. The van der Waals surface area contributed by atoms with E-state index in [1.165, 1.54) is 29.2 Å². The maximum atomic E-state index is 13.5. The van der Waals surface area contributed by atoms with Gasteiger partial charge < -0.3 is 25.4 Å². The van der Waals surface area contributed by atoms with Crippen molar-refractivity contribution >= 4 is 29.1 Å². The predicted octanol–water partition coefficient (Wildman–Crippen LogP) is 3.17. The van der Waals surface area contributed by atoms with Gasteiger partial charge in [0.1, 0.15) is 12.6 Å². The predicted molar refractivity (Wildman–Crippen MR) is 140 cm³/mol. The van der Waals surface area contributed by atoms with Crippen LogP contribution in [0, 0.1) is 0 Å². The first-order valence-electron chi connectivity index (χ1n) is 12.9. The van der Waals surface area contributed by atoms with Gasteiger partial charge in [0.05, 0.1) is 31.1 Å². The van der Waals surface area contributed by atoms with Gasteiger partial charge >= 0.3 is 18.3 Å². The molecule has 3 N–H and O–H groups in total. The second-order valence-corrected chi connectivity index (χ2v) is 10.00. The van der Waals surface area contributed by atoms with Gasteiger partial charge in [0, 0.05) is 13.1 Å². The highest BCUT2D eigenvalue weighted by Crippen LogP contribution is 2.36. The first-order valence-corrected chi connectivity index (χ1v) is 12.9. The smallest absolute Gasteiger partial charge is 0.375 e. The zero-order chi connectivity index (χ0) is 32.9. The van der Waals surface area contributed by atoms with Crippen molar-refractivity contribution in [3.8, 4) is 0 Å². The Labute approximate surface area is 245 Å². The molecular weight excluding hydrogens is 612 g/mol. The van der Waals surface area contributed by atoms with Crippen molar-refractivity contribution in [2.45, 2.75) is 43.4 Å². The van der Waals surface area contributed by atoms with Gasteiger partial charge in [-0.2, -0.15) is 35.1 Å². The molecule has 2 atom stereocenters. The summed E-state index contributed by atoms with van der Waals surface area (Å²) in [5.41, 5.74) is -2.49. The van der Waals surface area contributed by atoms with Crippen LogP contribution in [0.2, 0.25) is 0 Å². The molecule has 0 spiro atoms. The molecule has 1 aliphatic heterocycles. The standard InChI is InChI=1S/C27H28F8N4O5/c1-24(43,22(41)36-15-25(28,29)27(33,34)35)23(42)37-18-13-38(11-12-44-14-17-7-3-2-4-8-17)19-9-5-6-10-20(19)39(21(18)40)16-26(30,31)32/h2-10,18,43H,11-16H2,1H3,(H,36,41)(H,37,42)/t18-,24?/m0/s1. The minimum Gasteiger partial charge on any atom is -0.375 e. The van der Waals surface area contributed by atoms with Crippen molar-refractivity contribution < 1.29 is 59.4 Å². The minimum absolute atomic E-state index is 0.00486. The van der Waals surface area contributed by atoms with Gasteiger partial charge in [0.15, 0.2) is 0 Å². The summed E-state index contributed by atoms with van der Waals surface area (Å²) in [4.78, 5) is 40.3. The Morgan fingerprint density at radius 3 is 2.11 bits per heavy atom. The van der Waals surface area contributed by atoms with E-state index in [9.17, 15) is 54.6 Å². The van der Waals surface area contributed by atoms with Crippen LogP contribution in [0.25, 0.3) is 0 Å². The number of amides is 3. The molecule has 3 amide bonds. The van der Waals surface area contributed by atoms with E-state index in [4.69, 9.17) is 4.74 Å². The Hall–Kier alpha value is -3.99. The summed E-state index contributed by atoms with van der Waals surface area (Å²) in [6, 6.07) is 12.7. The van der Waals surface area contributed by atoms with Gasteiger partial charge in [0.25, 0.3) is 17.7 Å². The van der Waals surface area contributed by atoms with Gasteiger partial charge in [-0.05, 0) is 24.6 Å². The molecule has 9 nitrogen and oxygen atoms in total. The van der Waals surface area contributed by atoms with E-state index < -0.39 is 67.3 Å². The van der Waals surface area contributed by atoms with E-state index in [2.05, 4.69) is 0 Å². The molecule has 0 saturated carbocycles. The number of hydrogen-bond acceptors (Lipinski definition) is 6. The van der Waals surface area contributed by atoms with Crippen LogP contribution in [-0.2, 0) is 25.7 Å². The average Bonchev–Trinajstić information content (AvgIpc) is 3.04. The molecule has 1 aliphatic rings. The van der Waals surface area contributed by atoms with Gasteiger partial charge in [-0.3, -0.25) is 19.3 Å². The number of nitrogens with zero attached hydrogens (tertiary/aromatic N) is 2. The van der Waals surface area contributed by atoms with E-state index in [1.807, 2.05) is 5.32 Å². The van der Waals surface area contributed by atoms with Crippen molar-refractivity contribution in [3.05, 3.63) is 60.2 Å². The molecule has 1 unspecified atom stereocenters. The second-order valence-electron chi connectivity index (χ2n) is 10.00. The van der Waals surface area contributed by atoms with Crippen molar-refractivity contribution in [1.82, 2.24) is 10.6 Å². The topological polar surface area (TPSA) is 111 Å². The van der Waals surface area contributed by atoms with Crippen molar-refractivity contribution in [2.24, 2.45) is 0 Å². The molecule has 242 valence electrons. The zero-order valence-corrected chi connectivity index (χ0v) is 23.0. The first kappa shape index (κ1) is 34.5. The fraction of sp³-hybridized carbons (Fsp3) is 0.444. The number of carbonyl (C=O) groups excluding carboxylic acids is 3. The number of halogens is 8. The number of hydrogen-bond donors (Lipinski definition) is 3. The number of benzene rings is 2. The summed E-state index contributed by atoms with van der Waals surface area (Å²) in [6.07, 6.45) is -11.0. The van der Waals surface area contributed by atoms with E-state index >= 15 is 0 Å². The van der Waals surface area contributed by atoms with Gasteiger partial charge in [-0.1, -0.05) is 42.5 Å². The van der Waals surface area contributed by atoms with Gasteiger partial charge in [-0.25, -0.2) is 0 Å². The first-order chi connectivity index (χ1) is 20.3. The third kappa shape index (κ3) is 8.56. The molecule has 0 saturated heterocycles. The SMILES string of the molecule is CC(O)(C(=O)NCC(F)(F)C(F)(F)F)C(=O)N[C@H]1CN(CCOCc2ccccc2)c2ccccc2N(CC(F)(F)F)C1=O. The van der Waals surface area contributed by atoms with Crippen molar-refractivity contribution in [1.29, 1.82) is 0 Å².